The molecule has 0 bridgehead atoms. The van der Waals surface area contributed by atoms with Crippen LogP contribution in [0.5, 0.6) is 0 Å². The molecule has 0 radical (unpaired) electrons. The van der Waals surface area contributed by atoms with E-state index in [1.165, 1.54) is 12.8 Å². The van der Waals surface area contributed by atoms with Gasteiger partial charge in [-0.15, -0.1) is 10.2 Å². The Kier molecular flexibility index (Phi) is 2.03. The number of hydrogen-bond donors (Lipinski definition) is 2. The van der Waals surface area contributed by atoms with E-state index in [2.05, 4.69) is 27.5 Å². The second-order valence-corrected chi connectivity index (χ2v) is 4.31. The van der Waals surface area contributed by atoms with E-state index in [1.807, 2.05) is 0 Å². The van der Waals surface area contributed by atoms with Crippen molar-refractivity contribution in [1.82, 2.24) is 20.6 Å². The third kappa shape index (κ3) is 2.24. The summed E-state index contributed by atoms with van der Waals surface area (Å²) < 4.78 is 0. The molecule has 1 aromatic heterocycles. The maximum absolute atomic E-state index is 5.97. The van der Waals surface area contributed by atoms with Crippen LogP contribution < -0.4 is 5.73 Å². The Hall–Kier alpha value is -0.970. The zero-order chi connectivity index (χ0) is 9.31. The van der Waals surface area contributed by atoms with E-state index in [0.29, 0.717) is 5.41 Å². The quantitative estimate of drug-likeness (QED) is 0.698. The van der Waals surface area contributed by atoms with Gasteiger partial charge in [0.1, 0.15) is 0 Å². The summed E-state index contributed by atoms with van der Waals surface area (Å²) in [6, 6.07) is 0.171. The van der Waals surface area contributed by atoms with Crippen LogP contribution in [-0.4, -0.2) is 26.7 Å². The lowest BCUT2D eigenvalue weighted by Gasteiger charge is -2.13. The van der Waals surface area contributed by atoms with Gasteiger partial charge in [-0.3, -0.25) is 0 Å². The highest BCUT2D eigenvalue weighted by molar-refractivity contribution is 4.94. The minimum Gasteiger partial charge on any atom is -0.327 e. The van der Waals surface area contributed by atoms with Crippen LogP contribution in [0.1, 0.15) is 32.0 Å². The van der Waals surface area contributed by atoms with Gasteiger partial charge in [0.25, 0.3) is 0 Å². The monoisotopic (exact) mass is 181 g/mol. The highest BCUT2D eigenvalue weighted by Gasteiger charge is 2.38. The Morgan fingerprint density at radius 3 is 2.92 bits per heavy atom. The van der Waals surface area contributed by atoms with Crippen molar-refractivity contribution >= 4 is 0 Å². The molecule has 1 aliphatic carbocycles. The summed E-state index contributed by atoms with van der Waals surface area (Å²) in [6.07, 6.45) is 4.42. The van der Waals surface area contributed by atoms with E-state index >= 15 is 0 Å². The molecule has 1 heterocycles. The minimum atomic E-state index is 0.171. The lowest BCUT2D eigenvalue weighted by Crippen LogP contribution is -2.26. The number of aromatic nitrogens is 4. The summed E-state index contributed by atoms with van der Waals surface area (Å²) in [5.74, 6) is 0.719. The average Bonchev–Trinajstić information content (AvgIpc) is 2.61. The first-order valence-corrected chi connectivity index (χ1v) is 4.66. The second kappa shape index (κ2) is 3.06. The third-order valence-corrected chi connectivity index (χ3v) is 2.69. The van der Waals surface area contributed by atoms with Gasteiger partial charge in [0.05, 0.1) is 0 Å². The predicted octanol–water partition coefficient (Wildman–Crippen LogP) is 0.260. The molecule has 0 aromatic carbocycles. The summed E-state index contributed by atoms with van der Waals surface area (Å²) in [6.45, 7) is 2.28. The van der Waals surface area contributed by atoms with Gasteiger partial charge in [0.15, 0.2) is 5.82 Å². The molecule has 3 N–H and O–H groups in total. The Bertz CT molecular complexity index is 264. The number of hydrogen-bond acceptors (Lipinski definition) is 4. The van der Waals surface area contributed by atoms with Gasteiger partial charge in [-0.1, -0.05) is 12.1 Å². The molecule has 1 unspecified atom stereocenters. The summed E-state index contributed by atoms with van der Waals surface area (Å²) in [4.78, 5) is 0. The Morgan fingerprint density at radius 2 is 2.38 bits per heavy atom. The molecule has 0 spiro atoms. The minimum absolute atomic E-state index is 0.171. The van der Waals surface area contributed by atoms with Gasteiger partial charge in [0, 0.05) is 12.5 Å². The predicted molar refractivity (Wildman–Crippen MR) is 47.8 cm³/mol. The number of nitrogens with zero attached hydrogens (tertiary/aromatic N) is 3. The van der Waals surface area contributed by atoms with E-state index in [0.717, 1.165) is 18.7 Å². The second-order valence-electron chi connectivity index (χ2n) is 4.31. The van der Waals surface area contributed by atoms with Crippen LogP contribution >= 0.6 is 0 Å². The summed E-state index contributed by atoms with van der Waals surface area (Å²) in [5.41, 5.74) is 6.47. The van der Waals surface area contributed by atoms with Crippen LogP contribution in [0.4, 0.5) is 0 Å². The van der Waals surface area contributed by atoms with E-state index in [1.54, 1.807) is 0 Å². The lowest BCUT2D eigenvalue weighted by molar-refractivity contribution is 0.440. The van der Waals surface area contributed by atoms with Crippen LogP contribution in [-0.2, 0) is 6.42 Å². The van der Waals surface area contributed by atoms with Gasteiger partial charge >= 0.3 is 0 Å². The molecule has 1 saturated carbocycles. The number of nitrogens with two attached hydrogens (primary N) is 1. The van der Waals surface area contributed by atoms with E-state index in [9.17, 15) is 0 Å². The van der Waals surface area contributed by atoms with Gasteiger partial charge in [-0.2, -0.15) is 5.21 Å². The van der Waals surface area contributed by atoms with Gasteiger partial charge < -0.3 is 5.73 Å². The third-order valence-electron chi connectivity index (χ3n) is 2.69. The first-order valence-electron chi connectivity index (χ1n) is 4.66. The highest BCUT2D eigenvalue weighted by atomic mass is 15.5. The van der Waals surface area contributed by atoms with Crippen LogP contribution in [0.2, 0.25) is 0 Å². The maximum Gasteiger partial charge on any atom is 0.176 e. The number of H-pyrrole nitrogens is 1. The molecule has 72 valence electrons. The molecule has 13 heavy (non-hydrogen) atoms. The fraction of sp³-hybridized carbons (Fsp3) is 0.875. The first kappa shape index (κ1) is 8.62. The smallest absolute Gasteiger partial charge is 0.176 e. The van der Waals surface area contributed by atoms with Crippen LogP contribution in [0.3, 0.4) is 0 Å². The molecule has 0 aliphatic heterocycles. The molecular formula is C8H15N5. The average molecular weight is 181 g/mol. The van der Waals surface area contributed by atoms with Gasteiger partial charge in [-0.05, 0) is 24.7 Å². The van der Waals surface area contributed by atoms with Crippen molar-refractivity contribution in [3.05, 3.63) is 5.82 Å². The maximum atomic E-state index is 5.97. The van der Waals surface area contributed by atoms with Crippen molar-refractivity contribution in [2.45, 2.75) is 38.6 Å². The molecule has 1 aliphatic rings. The number of nitrogens with one attached hydrogen (secondary N) is 1. The van der Waals surface area contributed by atoms with Crippen molar-refractivity contribution in [2.24, 2.45) is 11.1 Å². The van der Waals surface area contributed by atoms with Crippen molar-refractivity contribution in [2.75, 3.05) is 0 Å². The standard InChI is InChI=1S/C8H15N5/c1-8(2-3-8)5-6(9)4-7-10-12-13-11-7/h6H,2-5,9H2,1H3,(H,10,11,12,13). The normalized spacial score (nSPS) is 21.4. The fourth-order valence-electron chi connectivity index (χ4n) is 1.63. The zero-order valence-corrected chi connectivity index (χ0v) is 7.82. The van der Waals surface area contributed by atoms with Crippen LogP contribution in [0, 0.1) is 5.41 Å². The highest BCUT2D eigenvalue weighted by Crippen LogP contribution is 2.48. The Labute approximate surface area is 77.1 Å². The molecule has 1 aromatic rings. The van der Waals surface area contributed by atoms with Crippen LogP contribution in [0.25, 0.3) is 0 Å². The molecular weight excluding hydrogens is 166 g/mol. The fourth-order valence-corrected chi connectivity index (χ4v) is 1.63. The summed E-state index contributed by atoms with van der Waals surface area (Å²) in [5, 5.41) is 13.7. The first-order chi connectivity index (χ1) is 6.18. The molecule has 5 nitrogen and oxygen atoms in total. The zero-order valence-electron chi connectivity index (χ0n) is 7.82. The molecule has 0 saturated heterocycles. The summed E-state index contributed by atoms with van der Waals surface area (Å²) in [7, 11) is 0. The van der Waals surface area contributed by atoms with Crippen molar-refractivity contribution in [3.63, 3.8) is 0 Å². The molecule has 5 heteroatoms. The van der Waals surface area contributed by atoms with E-state index in [4.69, 9.17) is 5.73 Å². The van der Waals surface area contributed by atoms with Crippen molar-refractivity contribution in [3.8, 4) is 0 Å². The van der Waals surface area contributed by atoms with E-state index in [-0.39, 0.29) is 6.04 Å². The molecule has 1 fully saturated rings. The van der Waals surface area contributed by atoms with E-state index < -0.39 is 0 Å². The largest absolute Gasteiger partial charge is 0.327 e. The molecule has 0 amide bonds. The number of aromatic amines is 1. The summed E-state index contributed by atoms with van der Waals surface area (Å²) >= 11 is 0. The SMILES string of the molecule is CC1(CC(N)Cc2nn[nH]n2)CC1. The van der Waals surface area contributed by atoms with Gasteiger partial charge in [-0.25, -0.2) is 0 Å². The topological polar surface area (TPSA) is 80.5 Å². The molecule has 2 rings (SSSR count). The lowest BCUT2D eigenvalue weighted by atomic mass is 9.98. The van der Waals surface area contributed by atoms with Crippen molar-refractivity contribution < 1.29 is 0 Å². The Morgan fingerprint density at radius 1 is 1.62 bits per heavy atom. The van der Waals surface area contributed by atoms with Crippen molar-refractivity contribution in [1.29, 1.82) is 0 Å². The number of tetrazole rings is 1. The Balaban J connectivity index is 1.81. The number of rotatable bonds is 4. The molecule has 1 atom stereocenters. The van der Waals surface area contributed by atoms with Crippen LogP contribution in [0.15, 0.2) is 0 Å². The van der Waals surface area contributed by atoms with Gasteiger partial charge in [0.2, 0.25) is 0 Å².